The average molecular weight is 335 g/mol. The molecule has 0 saturated heterocycles. The van der Waals surface area contributed by atoms with Gasteiger partial charge in [-0.25, -0.2) is 13.4 Å². The van der Waals surface area contributed by atoms with Gasteiger partial charge in [-0.2, -0.15) is 13.2 Å². The summed E-state index contributed by atoms with van der Waals surface area (Å²) >= 11 is 0.249. The van der Waals surface area contributed by atoms with Crippen molar-refractivity contribution in [1.82, 2.24) is 4.98 Å². The maximum Gasteiger partial charge on any atom is 0.443 e. The second-order valence-electron chi connectivity index (χ2n) is 4.15. The number of hydrogen-bond donors (Lipinski definition) is 0. The Morgan fingerprint density at radius 3 is 2.19 bits per heavy atom. The predicted molar refractivity (Wildman–Crippen MR) is 70.1 cm³/mol. The molecule has 0 aliphatic heterocycles. The van der Waals surface area contributed by atoms with Crippen LogP contribution in [0, 0.1) is 0 Å². The van der Waals surface area contributed by atoms with E-state index in [4.69, 9.17) is 0 Å². The van der Waals surface area contributed by atoms with E-state index in [1.165, 1.54) is 24.3 Å². The fraction of sp³-hybridized carbons (Fsp3) is 0.167. The van der Waals surface area contributed by atoms with Gasteiger partial charge in [0.25, 0.3) is 0 Å². The SMILES string of the molecule is CS(=O)(=O)c1ccc(C(=O)c2cnc(C(F)(F)F)s2)cc1. The first kappa shape index (κ1) is 15.6. The molecule has 0 N–H and O–H groups in total. The number of halogens is 3. The van der Waals surface area contributed by atoms with Gasteiger partial charge in [0.1, 0.15) is 0 Å². The first-order valence-corrected chi connectivity index (χ1v) is 8.17. The normalized spacial score (nSPS) is 12.4. The van der Waals surface area contributed by atoms with Gasteiger partial charge in [-0.1, -0.05) is 0 Å². The third-order valence-corrected chi connectivity index (χ3v) is 4.69. The number of carbonyl (C=O) groups excluding carboxylic acids is 1. The smallest absolute Gasteiger partial charge is 0.288 e. The van der Waals surface area contributed by atoms with Crippen LogP contribution in [0.1, 0.15) is 20.2 Å². The van der Waals surface area contributed by atoms with Crippen molar-refractivity contribution < 1.29 is 26.4 Å². The molecule has 0 fully saturated rings. The summed E-state index contributed by atoms with van der Waals surface area (Å²) in [5, 5.41) is -1.10. The summed E-state index contributed by atoms with van der Waals surface area (Å²) in [6.07, 6.45) is -2.72. The van der Waals surface area contributed by atoms with Gasteiger partial charge in [-0.3, -0.25) is 4.79 Å². The molecule has 2 rings (SSSR count). The second kappa shape index (κ2) is 5.23. The minimum atomic E-state index is -4.59. The van der Waals surface area contributed by atoms with Crippen LogP contribution >= 0.6 is 11.3 Å². The van der Waals surface area contributed by atoms with Crippen LogP contribution in [-0.2, 0) is 16.0 Å². The van der Waals surface area contributed by atoms with Gasteiger partial charge in [0.15, 0.2) is 14.8 Å². The van der Waals surface area contributed by atoms with Crippen LogP contribution in [0.25, 0.3) is 0 Å². The number of aromatic nitrogens is 1. The summed E-state index contributed by atoms with van der Waals surface area (Å²) in [5.74, 6) is -0.636. The van der Waals surface area contributed by atoms with Gasteiger partial charge in [0, 0.05) is 18.0 Å². The Morgan fingerprint density at radius 1 is 1.19 bits per heavy atom. The molecule has 0 atom stereocenters. The van der Waals surface area contributed by atoms with E-state index in [1.54, 1.807) is 0 Å². The van der Waals surface area contributed by atoms with E-state index < -0.39 is 26.8 Å². The second-order valence-corrected chi connectivity index (χ2v) is 7.20. The van der Waals surface area contributed by atoms with Gasteiger partial charge in [-0.15, -0.1) is 11.3 Å². The van der Waals surface area contributed by atoms with E-state index >= 15 is 0 Å². The number of hydrogen-bond acceptors (Lipinski definition) is 5. The Morgan fingerprint density at radius 2 is 1.76 bits per heavy atom. The van der Waals surface area contributed by atoms with Crippen LogP contribution < -0.4 is 0 Å². The summed E-state index contributed by atoms with van der Waals surface area (Å²) in [4.78, 5) is 15.0. The van der Waals surface area contributed by atoms with E-state index in [2.05, 4.69) is 4.98 Å². The van der Waals surface area contributed by atoms with Crippen molar-refractivity contribution in [3.63, 3.8) is 0 Å². The predicted octanol–water partition coefficient (Wildman–Crippen LogP) is 2.80. The monoisotopic (exact) mass is 335 g/mol. The van der Waals surface area contributed by atoms with Crippen molar-refractivity contribution in [2.75, 3.05) is 6.26 Å². The number of alkyl halides is 3. The molecule has 0 amide bonds. The molecular formula is C12H8F3NO3S2. The van der Waals surface area contributed by atoms with Gasteiger partial charge in [0.05, 0.1) is 9.77 Å². The van der Waals surface area contributed by atoms with E-state index in [1.807, 2.05) is 0 Å². The minimum absolute atomic E-state index is 0.0272. The third kappa shape index (κ3) is 3.48. The Bertz CT molecular complexity index is 777. The quantitative estimate of drug-likeness (QED) is 0.809. The van der Waals surface area contributed by atoms with Crippen molar-refractivity contribution in [2.24, 2.45) is 0 Å². The van der Waals surface area contributed by atoms with Crippen molar-refractivity contribution in [3.05, 3.63) is 45.9 Å². The molecule has 0 bridgehead atoms. The molecule has 0 aliphatic carbocycles. The van der Waals surface area contributed by atoms with Crippen LogP contribution in [0.5, 0.6) is 0 Å². The molecule has 0 aliphatic rings. The molecule has 0 radical (unpaired) electrons. The number of nitrogens with zero attached hydrogens (tertiary/aromatic N) is 1. The molecule has 21 heavy (non-hydrogen) atoms. The number of rotatable bonds is 3. The maximum atomic E-state index is 12.4. The van der Waals surface area contributed by atoms with Crippen LogP contribution in [0.2, 0.25) is 0 Å². The standard InChI is InChI=1S/C12H8F3NO3S2/c1-21(18,19)8-4-2-7(3-5-8)10(17)9-6-16-11(20-9)12(13,14)15/h2-6H,1H3. The molecular weight excluding hydrogens is 327 g/mol. The topological polar surface area (TPSA) is 64.1 Å². The van der Waals surface area contributed by atoms with Gasteiger partial charge in [-0.05, 0) is 24.3 Å². The lowest BCUT2D eigenvalue weighted by Gasteiger charge is -2.01. The zero-order valence-electron chi connectivity index (χ0n) is 10.5. The Balaban J connectivity index is 2.30. The van der Waals surface area contributed by atoms with Crippen molar-refractivity contribution in [1.29, 1.82) is 0 Å². The fourth-order valence-corrected chi connectivity index (χ4v) is 2.88. The lowest BCUT2D eigenvalue weighted by atomic mass is 10.1. The minimum Gasteiger partial charge on any atom is -0.288 e. The number of thiazole rings is 1. The average Bonchev–Trinajstić information content (AvgIpc) is 2.86. The van der Waals surface area contributed by atoms with Crippen molar-refractivity contribution in [3.8, 4) is 0 Å². The van der Waals surface area contributed by atoms with Gasteiger partial charge >= 0.3 is 6.18 Å². The Kier molecular flexibility index (Phi) is 3.89. The first-order chi connectivity index (χ1) is 9.59. The lowest BCUT2D eigenvalue weighted by Crippen LogP contribution is -2.03. The summed E-state index contributed by atoms with van der Waals surface area (Å²) in [5.41, 5.74) is 0.0970. The molecule has 1 aromatic carbocycles. The highest BCUT2D eigenvalue weighted by atomic mass is 32.2. The van der Waals surface area contributed by atoms with E-state index in [0.29, 0.717) is 0 Å². The maximum absolute atomic E-state index is 12.4. The van der Waals surface area contributed by atoms with E-state index in [-0.39, 0.29) is 26.7 Å². The Labute approximate surface area is 122 Å². The largest absolute Gasteiger partial charge is 0.443 e. The number of carbonyl (C=O) groups is 1. The van der Waals surface area contributed by atoms with Crippen LogP contribution in [0.4, 0.5) is 13.2 Å². The molecule has 1 aromatic heterocycles. The summed E-state index contributed by atoms with van der Waals surface area (Å²) in [6.45, 7) is 0. The molecule has 0 unspecified atom stereocenters. The lowest BCUT2D eigenvalue weighted by molar-refractivity contribution is -0.137. The van der Waals surface area contributed by atoms with Crippen molar-refractivity contribution in [2.45, 2.75) is 11.1 Å². The number of sulfone groups is 1. The third-order valence-electron chi connectivity index (χ3n) is 2.52. The van der Waals surface area contributed by atoms with Gasteiger partial charge in [0.2, 0.25) is 5.78 Å². The van der Waals surface area contributed by atoms with Crippen molar-refractivity contribution >= 4 is 27.0 Å². The highest BCUT2D eigenvalue weighted by Crippen LogP contribution is 2.33. The van der Waals surface area contributed by atoms with E-state index in [0.717, 1.165) is 12.5 Å². The van der Waals surface area contributed by atoms with Crippen LogP contribution in [0.3, 0.4) is 0 Å². The summed E-state index contributed by atoms with van der Waals surface area (Å²) < 4.78 is 59.8. The highest BCUT2D eigenvalue weighted by molar-refractivity contribution is 7.90. The zero-order valence-corrected chi connectivity index (χ0v) is 12.1. The zero-order chi connectivity index (χ0) is 15.8. The molecule has 0 spiro atoms. The molecule has 4 nitrogen and oxygen atoms in total. The van der Waals surface area contributed by atoms with E-state index in [9.17, 15) is 26.4 Å². The highest BCUT2D eigenvalue weighted by Gasteiger charge is 2.35. The fourth-order valence-electron chi connectivity index (χ4n) is 1.51. The molecule has 9 heteroatoms. The van der Waals surface area contributed by atoms with Crippen LogP contribution in [0.15, 0.2) is 35.4 Å². The Hall–Kier alpha value is -1.74. The molecule has 112 valence electrons. The number of benzene rings is 1. The van der Waals surface area contributed by atoms with Crippen LogP contribution in [-0.4, -0.2) is 25.4 Å². The number of ketones is 1. The first-order valence-electron chi connectivity index (χ1n) is 5.47. The van der Waals surface area contributed by atoms with Gasteiger partial charge < -0.3 is 0 Å². The molecule has 1 heterocycles. The summed E-state index contributed by atoms with van der Waals surface area (Å²) in [7, 11) is -3.39. The molecule has 0 saturated carbocycles. The molecule has 2 aromatic rings. The summed E-state index contributed by atoms with van der Waals surface area (Å²) in [6, 6.07) is 4.97.